The Bertz CT molecular complexity index is 1260. The molecule has 2 atom stereocenters. The summed E-state index contributed by atoms with van der Waals surface area (Å²) in [7, 11) is 0. The van der Waals surface area contributed by atoms with Crippen LogP contribution in [0, 0.1) is 24.0 Å². The highest BCUT2D eigenvalue weighted by molar-refractivity contribution is 5.89. The Morgan fingerprint density at radius 2 is 1.70 bits per heavy atom. The highest BCUT2D eigenvalue weighted by atomic mass is 16.6. The summed E-state index contributed by atoms with van der Waals surface area (Å²) in [5, 5.41) is 10.9. The van der Waals surface area contributed by atoms with Gasteiger partial charge in [-0.1, -0.05) is 42.5 Å². The van der Waals surface area contributed by atoms with Gasteiger partial charge in [0.1, 0.15) is 18.5 Å². The Kier molecular flexibility index (Phi) is 8.02. The van der Waals surface area contributed by atoms with Crippen LogP contribution in [0.1, 0.15) is 33.5 Å². The lowest BCUT2D eigenvalue weighted by Gasteiger charge is -2.37. The van der Waals surface area contributed by atoms with E-state index in [2.05, 4.69) is 0 Å². The molecule has 0 radical (unpaired) electrons. The third-order valence-corrected chi connectivity index (χ3v) is 6.37. The Balaban J connectivity index is 1.48. The van der Waals surface area contributed by atoms with Crippen LogP contribution >= 0.6 is 0 Å². The zero-order chi connectivity index (χ0) is 26.4. The lowest BCUT2D eigenvalue weighted by molar-refractivity contribution is -0.384. The number of hydrogen-bond donors (Lipinski definition) is 0. The van der Waals surface area contributed by atoms with Crippen molar-refractivity contribution in [2.24, 2.45) is 0 Å². The molecule has 4 rings (SSSR count). The molecule has 1 fully saturated rings. The first-order valence-corrected chi connectivity index (χ1v) is 12.0. The minimum atomic E-state index is -0.777. The number of amides is 1. The smallest absolute Gasteiger partial charge is 0.410 e. The monoisotopic (exact) mass is 504 g/mol. The number of aryl methyl sites for hydroxylation is 1. The molecule has 0 unspecified atom stereocenters. The highest BCUT2D eigenvalue weighted by Crippen LogP contribution is 2.27. The number of nitro benzene ring substituents is 1. The summed E-state index contributed by atoms with van der Waals surface area (Å²) in [5.74, 6) is 0.0236. The third-order valence-electron chi connectivity index (χ3n) is 6.37. The van der Waals surface area contributed by atoms with Crippen molar-refractivity contribution < 1.29 is 28.7 Å². The van der Waals surface area contributed by atoms with Gasteiger partial charge in [-0.3, -0.25) is 10.1 Å². The quantitative estimate of drug-likeness (QED) is 0.246. The molecule has 1 aliphatic rings. The van der Waals surface area contributed by atoms with Gasteiger partial charge in [0.25, 0.3) is 5.69 Å². The zero-order valence-corrected chi connectivity index (χ0v) is 20.7. The Morgan fingerprint density at radius 1 is 0.973 bits per heavy atom. The fourth-order valence-corrected chi connectivity index (χ4v) is 4.06. The second-order valence-electron chi connectivity index (χ2n) is 8.88. The molecule has 0 saturated carbocycles. The van der Waals surface area contributed by atoms with Crippen LogP contribution in [0.2, 0.25) is 0 Å². The van der Waals surface area contributed by atoms with Gasteiger partial charge >= 0.3 is 12.1 Å². The van der Waals surface area contributed by atoms with Crippen molar-refractivity contribution in [3.05, 3.63) is 105 Å². The van der Waals surface area contributed by atoms with Gasteiger partial charge in [0, 0.05) is 25.1 Å². The van der Waals surface area contributed by atoms with Crippen LogP contribution in [0.3, 0.4) is 0 Å². The van der Waals surface area contributed by atoms with Crippen LogP contribution in [0.4, 0.5) is 10.5 Å². The van der Waals surface area contributed by atoms with Crippen molar-refractivity contribution in [3.8, 4) is 5.75 Å². The number of non-ortho nitro benzene ring substituents is 1. The molecule has 0 aliphatic carbocycles. The molecule has 0 bridgehead atoms. The van der Waals surface area contributed by atoms with E-state index in [0.717, 1.165) is 16.7 Å². The summed E-state index contributed by atoms with van der Waals surface area (Å²) in [4.78, 5) is 37.6. The van der Waals surface area contributed by atoms with Crippen molar-refractivity contribution in [2.45, 2.75) is 39.1 Å². The molecule has 1 saturated heterocycles. The number of nitrogens with zero attached hydrogens (tertiary/aromatic N) is 2. The number of esters is 1. The first kappa shape index (κ1) is 25.7. The van der Waals surface area contributed by atoms with E-state index in [1.165, 1.54) is 29.2 Å². The topological polar surface area (TPSA) is 108 Å². The first-order valence-electron chi connectivity index (χ1n) is 12.0. The molecule has 9 heteroatoms. The summed E-state index contributed by atoms with van der Waals surface area (Å²) in [6.07, 6.45) is -1.36. The molecule has 1 amide bonds. The van der Waals surface area contributed by atoms with Gasteiger partial charge in [-0.05, 0) is 48.7 Å². The number of carbonyl (C=O) groups excluding carboxylic acids is 2. The van der Waals surface area contributed by atoms with E-state index in [9.17, 15) is 19.7 Å². The van der Waals surface area contributed by atoms with E-state index in [4.69, 9.17) is 14.2 Å². The Hall–Kier alpha value is -4.40. The number of likely N-dealkylation sites (tertiary alicyclic amines) is 1. The second kappa shape index (κ2) is 11.6. The average molecular weight is 505 g/mol. The number of benzene rings is 3. The van der Waals surface area contributed by atoms with Crippen LogP contribution in [0.25, 0.3) is 0 Å². The molecule has 0 aromatic heterocycles. The molecule has 9 nitrogen and oxygen atoms in total. The summed E-state index contributed by atoms with van der Waals surface area (Å²) >= 11 is 0. The lowest BCUT2D eigenvalue weighted by atomic mass is 10.0. The van der Waals surface area contributed by atoms with Crippen LogP contribution in [-0.4, -0.2) is 47.2 Å². The standard InChI is InChI=1S/C28H28N2O7/c1-19-7-6-10-24(20(19)2)36-25-15-16-29(28(32)35-18-21-8-4-3-5-9-21)17-26(25)37-27(31)22-11-13-23(14-12-22)30(33)34/h3-14,25-26H,15-18H2,1-2H3/t25-,26+/m0/s1. The zero-order valence-electron chi connectivity index (χ0n) is 20.7. The van der Waals surface area contributed by atoms with Crippen molar-refractivity contribution in [2.75, 3.05) is 13.1 Å². The molecule has 3 aromatic carbocycles. The maximum absolute atomic E-state index is 12.9. The van der Waals surface area contributed by atoms with Crippen LogP contribution in [0.15, 0.2) is 72.8 Å². The molecule has 37 heavy (non-hydrogen) atoms. The number of ether oxygens (including phenoxy) is 3. The number of rotatable bonds is 7. The van der Waals surface area contributed by atoms with Crippen molar-refractivity contribution >= 4 is 17.7 Å². The maximum atomic E-state index is 12.9. The van der Waals surface area contributed by atoms with Gasteiger partial charge in [0.2, 0.25) is 0 Å². The molecule has 0 N–H and O–H groups in total. The molecular weight excluding hydrogens is 476 g/mol. The van der Waals surface area contributed by atoms with Gasteiger partial charge in [-0.25, -0.2) is 9.59 Å². The first-order chi connectivity index (χ1) is 17.8. The Morgan fingerprint density at radius 3 is 2.41 bits per heavy atom. The van der Waals surface area contributed by atoms with E-state index in [1.54, 1.807) is 0 Å². The van der Waals surface area contributed by atoms with Crippen LogP contribution < -0.4 is 4.74 Å². The highest BCUT2D eigenvalue weighted by Gasteiger charge is 2.37. The van der Waals surface area contributed by atoms with Gasteiger partial charge < -0.3 is 19.1 Å². The van der Waals surface area contributed by atoms with Crippen LogP contribution in [-0.2, 0) is 16.1 Å². The minimum Gasteiger partial charge on any atom is -0.486 e. The molecule has 0 spiro atoms. The molecular formula is C28H28N2O7. The van der Waals surface area contributed by atoms with Crippen molar-refractivity contribution in [1.82, 2.24) is 4.90 Å². The predicted octanol–water partition coefficient (Wildman–Crippen LogP) is 5.23. The van der Waals surface area contributed by atoms with E-state index in [1.807, 2.05) is 62.4 Å². The van der Waals surface area contributed by atoms with Gasteiger partial charge in [-0.15, -0.1) is 0 Å². The fraction of sp³-hybridized carbons (Fsp3) is 0.286. The van der Waals surface area contributed by atoms with E-state index >= 15 is 0 Å². The number of hydrogen-bond acceptors (Lipinski definition) is 7. The maximum Gasteiger partial charge on any atom is 0.410 e. The van der Waals surface area contributed by atoms with Gasteiger partial charge in [-0.2, -0.15) is 0 Å². The molecule has 1 aliphatic heterocycles. The predicted molar refractivity (Wildman–Crippen MR) is 135 cm³/mol. The van der Waals surface area contributed by atoms with Crippen molar-refractivity contribution in [1.29, 1.82) is 0 Å². The Labute approximate surface area is 214 Å². The van der Waals surface area contributed by atoms with Gasteiger partial charge in [0.15, 0.2) is 6.10 Å². The minimum absolute atomic E-state index is 0.0852. The SMILES string of the molecule is Cc1cccc(O[C@H]2CCN(C(=O)OCc3ccccc3)C[C@H]2OC(=O)c2ccc([N+](=O)[O-])cc2)c1C. The normalized spacial score (nSPS) is 17.1. The lowest BCUT2D eigenvalue weighted by Crippen LogP contribution is -2.52. The summed E-state index contributed by atoms with van der Waals surface area (Å²) in [6.45, 7) is 4.53. The third kappa shape index (κ3) is 6.43. The number of nitro groups is 1. The van der Waals surface area contributed by atoms with Crippen molar-refractivity contribution in [3.63, 3.8) is 0 Å². The number of carbonyl (C=O) groups is 2. The molecule has 3 aromatic rings. The fourth-order valence-electron chi connectivity index (χ4n) is 4.06. The molecule has 1 heterocycles. The summed E-state index contributed by atoms with van der Waals surface area (Å²) in [6, 6.07) is 20.3. The van der Waals surface area contributed by atoms with E-state index in [-0.39, 0.29) is 24.4 Å². The number of piperidine rings is 1. The van der Waals surface area contributed by atoms with Gasteiger partial charge in [0.05, 0.1) is 17.0 Å². The second-order valence-corrected chi connectivity index (χ2v) is 8.88. The average Bonchev–Trinajstić information content (AvgIpc) is 2.91. The molecule has 192 valence electrons. The summed E-state index contributed by atoms with van der Waals surface area (Å²) < 4.78 is 17.5. The van der Waals surface area contributed by atoms with Crippen LogP contribution in [0.5, 0.6) is 5.75 Å². The summed E-state index contributed by atoms with van der Waals surface area (Å²) in [5.41, 5.74) is 2.95. The van der Waals surface area contributed by atoms with E-state index in [0.29, 0.717) is 18.7 Å². The largest absolute Gasteiger partial charge is 0.486 e. The van der Waals surface area contributed by atoms with E-state index < -0.39 is 29.2 Å².